The molecule has 7 heteroatoms. The molecule has 0 N–H and O–H groups in total. The maximum absolute atomic E-state index is 12.4. The quantitative estimate of drug-likeness (QED) is 0.672. The topological polar surface area (TPSA) is 32.8 Å². The minimum atomic E-state index is -4.35. The van der Waals surface area contributed by atoms with Gasteiger partial charge in [0, 0.05) is 21.2 Å². The van der Waals surface area contributed by atoms with Crippen LogP contribution in [0, 0.1) is 0 Å². The molecule has 102 valence electrons. The summed E-state index contributed by atoms with van der Waals surface area (Å²) in [6.07, 6.45) is -4.67. The van der Waals surface area contributed by atoms with Crippen molar-refractivity contribution in [1.82, 2.24) is 9.80 Å². The van der Waals surface area contributed by atoms with Gasteiger partial charge in [0.2, 0.25) is 5.91 Å². The number of likely N-dealkylation sites (N-methyl/N-ethyl adjacent to an activating group) is 1. The number of alkyl halides is 3. The van der Waals surface area contributed by atoms with Crippen LogP contribution >= 0.6 is 0 Å². The standard InChI is InChI=1S/C10H19F3N2O2/c1-5-9(17-4)15(7-10(11,12)13)6-8(16)14(2)3/h9H,5-7H2,1-4H3. The van der Waals surface area contributed by atoms with Crippen LogP contribution in [0.2, 0.25) is 0 Å². The van der Waals surface area contributed by atoms with E-state index in [-0.39, 0.29) is 12.5 Å². The first kappa shape index (κ1) is 16.2. The summed E-state index contributed by atoms with van der Waals surface area (Å²) >= 11 is 0. The highest BCUT2D eigenvalue weighted by Gasteiger charge is 2.34. The molecule has 0 saturated carbocycles. The van der Waals surface area contributed by atoms with E-state index in [1.165, 1.54) is 26.1 Å². The number of hydrogen-bond acceptors (Lipinski definition) is 3. The summed E-state index contributed by atoms with van der Waals surface area (Å²) in [6.45, 7) is 0.245. The van der Waals surface area contributed by atoms with Crippen molar-refractivity contribution in [3.63, 3.8) is 0 Å². The predicted octanol–water partition coefficient (Wildman–Crippen LogP) is 1.32. The fourth-order valence-corrected chi connectivity index (χ4v) is 1.38. The summed E-state index contributed by atoms with van der Waals surface area (Å²) in [5.41, 5.74) is 0. The molecule has 0 aliphatic rings. The summed E-state index contributed by atoms with van der Waals surface area (Å²) in [6, 6.07) is 0. The molecule has 1 unspecified atom stereocenters. The molecule has 17 heavy (non-hydrogen) atoms. The molecule has 4 nitrogen and oxygen atoms in total. The fraction of sp³-hybridized carbons (Fsp3) is 0.900. The Morgan fingerprint density at radius 2 is 1.88 bits per heavy atom. The molecular weight excluding hydrogens is 237 g/mol. The molecule has 0 saturated heterocycles. The van der Waals surface area contributed by atoms with Gasteiger partial charge in [0.1, 0.15) is 6.23 Å². The van der Waals surface area contributed by atoms with Crippen molar-refractivity contribution in [1.29, 1.82) is 0 Å². The largest absolute Gasteiger partial charge is 0.401 e. The summed E-state index contributed by atoms with van der Waals surface area (Å²) in [7, 11) is 4.33. The van der Waals surface area contributed by atoms with E-state index in [1.54, 1.807) is 6.92 Å². The lowest BCUT2D eigenvalue weighted by Gasteiger charge is -2.30. The minimum Gasteiger partial charge on any atom is -0.366 e. The number of halogens is 3. The Balaban J connectivity index is 4.67. The zero-order valence-electron chi connectivity index (χ0n) is 10.5. The number of methoxy groups -OCH3 is 1. The molecule has 0 bridgehead atoms. The van der Waals surface area contributed by atoms with Gasteiger partial charge < -0.3 is 9.64 Å². The van der Waals surface area contributed by atoms with Gasteiger partial charge in [-0.05, 0) is 6.42 Å². The molecule has 0 radical (unpaired) electrons. The predicted molar refractivity (Wildman–Crippen MR) is 57.4 cm³/mol. The third-order valence-electron chi connectivity index (χ3n) is 2.25. The second kappa shape index (κ2) is 6.80. The SMILES string of the molecule is CCC(OC)N(CC(=O)N(C)C)CC(F)(F)F. The smallest absolute Gasteiger partial charge is 0.366 e. The van der Waals surface area contributed by atoms with Crippen LogP contribution in [0.4, 0.5) is 13.2 Å². The lowest BCUT2D eigenvalue weighted by Crippen LogP contribution is -2.47. The van der Waals surface area contributed by atoms with Crippen molar-refractivity contribution in [3.05, 3.63) is 0 Å². The van der Waals surface area contributed by atoms with Gasteiger partial charge >= 0.3 is 6.18 Å². The molecule has 0 fully saturated rings. The molecule has 0 heterocycles. The number of rotatable bonds is 6. The van der Waals surface area contributed by atoms with E-state index in [0.717, 1.165) is 4.90 Å². The maximum Gasteiger partial charge on any atom is 0.401 e. The molecular formula is C10H19F3N2O2. The normalized spacial score (nSPS) is 13.9. The van der Waals surface area contributed by atoms with Crippen LogP contribution in [0.1, 0.15) is 13.3 Å². The zero-order chi connectivity index (χ0) is 13.6. The Hall–Kier alpha value is -0.820. The van der Waals surface area contributed by atoms with E-state index in [0.29, 0.717) is 6.42 Å². The minimum absolute atomic E-state index is 0.307. The molecule has 0 aromatic heterocycles. The first-order valence-electron chi connectivity index (χ1n) is 5.25. The summed E-state index contributed by atoms with van der Waals surface area (Å²) < 4.78 is 42.0. The number of nitrogens with zero attached hydrogens (tertiary/aromatic N) is 2. The maximum atomic E-state index is 12.4. The van der Waals surface area contributed by atoms with Gasteiger partial charge in [-0.3, -0.25) is 9.69 Å². The van der Waals surface area contributed by atoms with Crippen LogP contribution in [-0.2, 0) is 9.53 Å². The summed E-state index contributed by atoms with van der Waals surface area (Å²) in [5, 5.41) is 0. The Bertz CT molecular complexity index is 240. The number of ether oxygens (including phenoxy) is 1. The first-order valence-corrected chi connectivity index (χ1v) is 5.25. The van der Waals surface area contributed by atoms with Gasteiger partial charge in [0.25, 0.3) is 0 Å². The van der Waals surface area contributed by atoms with E-state index < -0.39 is 18.9 Å². The number of carbonyl (C=O) groups excluding carboxylic acids is 1. The highest BCUT2D eigenvalue weighted by molar-refractivity contribution is 5.77. The van der Waals surface area contributed by atoms with Crippen molar-refractivity contribution in [2.24, 2.45) is 0 Å². The van der Waals surface area contributed by atoms with Gasteiger partial charge in [-0.25, -0.2) is 0 Å². The van der Waals surface area contributed by atoms with Crippen LogP contribution in [0.25, 0.3) is 0 Å². The van der Waals surface area contributed by atoms with Crippen molar-refractivity contribution in [2.75, 3.05) is 34.3 Å². The van der Waals surface area contributed by atoms with Crippen molar-refractivity contribution < 1.29 is 22.7 Å². The highest BCUT2D eigenvalue weighted by atomic mass is 19.4. The average Bonchev–Trinajstić information content (AvgIpc) is 2.16. The van der Waals surface area contributed by atoms with E-state index in [1.807, 2.05) is 0 Å². The van der Waals surface area contributed by atoms with Crippen LogP contribution in [0.5, 0.6) is 0 Å². The highest BCUT2D eigenvalue weighted by Crippen LogP contribution is 2.19. The Morgan fingerprint density at radius 1 is 1.35 bits per heavy atom. The van der Waals surface area contributed by atoms with Gasteiger partial charge in [-0.1, -0.05) is 6.92 Å². The third kappa shape index (κ3) is 6.48. The van der Waals surface area contributed by atoms with Gasteiger partial charge in [0.15, 0.2) is 0 Å². The average molecular weight is 256 g/mol. The molecule has 0 rings (SSSR count). The van der Waals surface area contributed by atoms with Crippen LogP contribution in [-0.4, -0.2) is 62.4 Å². The number of amides is 1. The number of hydrogen-bond donors (Lipinski definition) is 0. The fourth-order valence-electron chi connectivity index (χ4n) is 1.38. The molecule has 0 spiro atoms. The van der Waals surface area contributed by atoms with Crippen molar-refractivity contribution in [3.8, 4) is 0 Å². The molecule has 0 aromatic rings. The van der Waals surface area contributed by atoms with Crippen LogP contribution in [0.3, 0.4) is 0 Å². The van der Waals surface area contributed by atoms with Gasteiger partial charge in [-0.2, -0.15) is 13.2 Å². The lowest BCUT2D eigenvalue weighted by atomic mass is 10.3. The second-order valence-corrected chi connectivity index (χ2v) is 3.91. The zero-order valence-corrected chi connectivity index (χ0v) is 10.5. The van der Waals surface area contributed by atoms with Gasteiger partial charge in [0.05, 0.1) is 13.1 Å². The molecule has 1 atom stereocenters. The molecule has 0 aromatic carbocycles. The van der Waals surface area contributed by atoms with E-state index in [4.69, 9.17) is 4.74 Å². The number of carbonyl (C=O) groups is 1. The van der Waals surface area contributed by atoms with E-state index in [2.05, 4.69) is 0 Å². The van der Waals surface area contributed by atoms with Crippen LogP contribution in [0.15, 0.2) is 0 Å². The van der Waals surface area contributed by atoms with Crippen molar-refractivity contribution >= 4 is 5.91 Å². The molecule has 1 amide bonds. The van der Waals surface area contributed by atoms with E-state index >= 15 is 0 Å². The van der Waals surface area contributed by atoms with E-state index in [9.17, 15) is 18.0 Å². The Labute approximate surface area is 99.3 Å². The van der Waals surface area contributed by atoms with Crippen molar-refractivity contribution in [2.45, 2.75) is 25.7 Å². The third-order valence-corrected chi connectivity index (χ3v) is 2.25. The molecule has 0 aliphatic heterocycles. The van der Waals surface area contributed by atoms with Crippen LogP contribution < -0.4 is 0 Å². The Morgan fingerprint density at radius 3 is 2.18 bits per heavy atom. The monoisotopic (exact) mass is 256 g/mol. The Kier molecular flexibility index (Phi) is 6.48. The first-order chi connectivity index (χ1) is 7.71. The molecule has 0 aliphatic carbocycles. The van der Waals surface area contributed by atoms with Gasteiger partial charge in [-0.15, -0.1) is 0 Å². The lowest BCUT2D eigenvalue weighted by molar-refractivity contribution is -0.173. The summed E-state index contributed by atoms with van der Waals surface area (Å²) in [5.74, 6) is -0.384. The second-order valence-electron chi connectivity index (χ2n) is 3.91. The summed E-state index contributed by atoms with van der Waals surface area (Å²) in [4.78, 5) is 13.7.